The third kappa shape index (κ3) is 2.36. The van der Waals surface area contributed by atoms with E-state index in [4.69, 9.17) is 5.11 Å². The maximum Gasteiger partial charge on any atom is 0.326 e. The Balaban J connectivity index is 2.31. The standard InChI is InChI=1S/C13H14INO3/c1-8-4-2-5-9(11(8)14)12(16)15-7-3-6-10(15)13(17)18/h2,4-5,10H,3,6-7H2,1H3,(H,17,18)/t10-/m0/s1. The maximum absolute atomic E-state index is 12.4. The van der Waals surface area contributed by atoms with Gasteiger partial charge in [0.2, 0.25) is 0 Å². The van der Waals surface area contributed by atoms with Crippen molar-refractivity contribution in [1.82, 2.24) is 4.90 Å². The molecule has 0 bridgehead atoms. The molecule has 1 N–H and O–H groups in total. The van der Waals surface area contributed by atoms with Crippen molar-refractivity contribution < 1.29 is 14.7 Å². The van der Waals surface area contributed by atoms with Gasteiger partial charge in [0.05, 0.1) is 5.56 Å². The minimum absolute atomic E-state index is 0.173. The van der Waals surface area contributed by atoms with Crippen molar-refractivity contribution in [3.05, 3.63) is 32.9 Å². The second-order valence-electron chi connectivity index (χ2n) is 4.43. The largest absolute Gasteiger partial charge is 0.480 e. The summed E-state index contributed by atoms with van der Waals surface area (Å²) in [4.78, 5) is 25.0. The Morgan fingerprint density at radius 1 is 1.44 bits per heavy atom. The van der Waals surface area contributed by atoms with Crippen LogP contribution in [0.5, 0.6) is 0 Å². The number of amides is 1. The smallest absolute Gasteiger partial charge is 0.326 e. The van der Waals surface area contributed by atoms with Gasteiger partial charge in [-0.2, -0.15) is 0 Å². The zero-order chi connectivity index (χ0) is 13.3. The fraction of sp³-hybridized carbons (Fsp3) is 0.385. The van der Waals surface area contributed by atoms with Gasteiger partial charge in [0.25, 0.3) is 5.91 Å². The molecule has 0 saturated carbocycles. The highest BCUT2D eigenvalue weighted by Gasteiger charge is 2.34. The number of carbonyl (C=O) groups is 2. The molecule has 1 fully saturated rings. The van der Waals surface area contributed by atoms with Crippen LogP contribution in [0.4, 0.5) is 0 Å². The number of hydrogen-bond donors (Lipinski definition) is 1. The molecule has 1 aliphatic rings. The molecule has 1 saturated heterocycles. The number of hydrogen-bond acceptors (Lipinski definition) is 2. The Labute approximate surface area is 119 Å². The lowest BCUT2D eigenvalue weighted by Gasteiger charge is -2.22. The van der Waals surface area contributed by atoms with E-state index in [-0.39, 0.29) is 5.91 Å². The monoisotopic (exact) mass is 359 g/mol. The third-order valence-electron chi connectivity index (χ3n) is 3.22. The zero-order valence-corrected chi connectivity index (χ0v) is 12.2. The van der Waals surface area contributed by atoms with Crippen molar-refractivity contribution in [3.8, 4) is 0 Å². The Morgan fingerprint density at radius 2 is 2.17 bits per heavy atom. The van der Waals surface area contributed by atoms with Crippen LogP contribution in [0.3, 0.4) is 0 Å². The van der Waals surface area contributed by atoms with Crippen LogP contribution in [0, 0.1) is 10.5 Å². The van der Waals surface area contributed by atoms with E-state index in [0.29, 0.717) is 18.5 Å². The molecule has 1 aliphatic heterocycles. The minimum atomic E-state index is -0.913. The molecule has 1 atom stereocenters. The Morgan fingerprint density at radius 3 is 2.83 bits per heavy atom. The molecule has 2 rings (SSSR count). The number of aliphatic carboxylic acids is 1. The summed E-state index contributed by atoms with van der Waals surface area (Å²) >= 11 is 2.14. The summed E-state index contributed by atoms with van der Waals surface area (Å²) in [6, 6.07) is 4.86. The Hall–Kier alpha value is -1.11. The number of aryl methyl sites for hydroxylation is 1. The molecule has 1 aromatic carbocycles. The van der Waals surface area contributed by atoms with Gasteiger partial charge in [-0.25, -0.2) is 4.79 Å². The number of carbonyl (C=O) groups excluding carboxylic acids is 1. The van der Waals surface area contributed by atoms with E-state index in [1.165, 1.54) is 4.90 Å². The highest BCUT2D eigenvalue weighted by Crippen LogP contribution is 2.24. The van der Waals surface area contributed by atoms with Crippen molar-refractivity contribution in [1.29, 1.82) is 0 Å². The van der Waals surface area contributed by atoms with Gasteiger partial charge in [0.15, 0.2) is 0 Å². The highest BCUT2D eigenvalue weighted by molar-refractivity contribution is 14.1. The average molecular weight is 359 g/mol. The van der Waals surface area contributed by atoms with Crippen LogP contribution in [-0.4, -0.2) is 34.5 Å². The minimum Gasteiger partial charge on any atom is -0.480 e. The van der Waals surface area contributed by atoms with Gasteiger partial charge in [-0.15, -0.1) is 0 Å². The number of nitrogens with zero attached hydrogens (tertiary/aromatic N) is 1. The quantitative estimate of drug-likeness (QED) is 0.825. The van der Waals surface area contributed by atoms with Gasteiger partial charge in [0.1, 0.15) is 6.04 Å². The first-order valence-corrected chi connectivity index (χ1v) is 6.89. The fourth-order valence-corrected chi connectivity index (χ4v) is 2.82. The second kappa shape index (κ2) is 5.26. The van der Waals surface area contributed by atoms with Gasteiger partial charge in [-0.1, -0.05) is 12.1 Å². The van der Waals surface area contributed by atoms with E-state index in [0.717, 1.165) is 15.6 Å². The molecule has 0 radical (unpaired) electrons. The summed E-state index contributed by atoms with van der Waals surface area (Å²) in [6.07, 6.45) is 1.30. The molecular formula is C13H14INO3. The molecular weight excluding hydrogens is 345 g/mol. The molecule has 96 valence electrons. The summed E-state index contributed by atoms with van der Waals surface area (Å²) in [6.45, 7) is 2.47. The second-order valence-corrected chi connectivity index (χ2v) is 5.51. The average Bonchev–Trinajstić information content (AvgIpc) is 2.81. The number of halogens is 1. The van der Waals surface area contributed by atoms with Crippen LogP contribution in [0.1, 0.15) is 28.8 Å². The molecule has 0 spiro atoms. The van der Waals surface area contributed by atoms with Crippen LogP contribution in [0.15, 0.2) is 18.2 Å². The van der Waals surface area contributed by atoms with Crippen LogP contribution >= 0.6 is 22.6 Å². The van der Waals surface area contributed by atoms with E-state index in [9.17, 15) is 9.59 Å². The molecule has 1 heterocycles. The van der Waals surface area contributed by atoms with Crippen molar-refractivity contribution in [2.75, 3.05) is 6.54 Å². The van der Waals surface area contributed by atoms with Crippen LogP contribution in [0.25, 0.3) is 0 Å². The van der Waals surface area contributed by atoms with Crippen LogP contribution in [0.2, 0.25) is 0 Å². The number of rotatable bonds is 2. The summed E-state index contributed by atoms with van der Waals surface area (Å²) < 4.78 is 0.899. The first-order chi connectivity index (χ1) is 8.52. The first-order valence-electron chi connectivity index (χ1n) is 5.81. The molecule has 0 aromatic heterocycles. The SMILES string of the molecule is Cc1cccc(C(=O)N2CCC[C@H]2C(=O)O)c1I. The molecule has 4 nitrogen and oxygen atoms in total. The van der Waals surface area contributed by atoms with Gasteiger partial charge in [0, 0.05) is 10.1 Å². The Kier molecular flexibility index (Phi) is 3.89. The normalized spacial score (nSPS) is 19.0. The molecule has 1 amide bonds. The predicted octanol–water partition coefficient (Wildman–Crippen LogP) is 2.29. The fourth-order valence-electron chi connectivity index (χ4n) is 2.23. The van der Waals surface area contributed by atoms with Gasteiger partial charge < -0.3 is 10.0 Å². The summed E-state index contributed by atoms with van der Waals surface area (Å²) in [5, 5.41) is 9.11. The topological polar surface area (TPSA) is 57.6 Å². The van der Waals surface area contributed by atoms with Gasteiger partial charge in [-0.3, -0.25) is 4.79 Å². The molecule has 0 aliphatic carbocycles. The lowest BCUT2D eigenvalue weighted by atomic mass is 10.1. The van der Waals surface area contributed by atoms with E-state index in [2.05, 4.69) is 22.6 Å². The van der Waals surface area contributed by atoms with E-state index in [1.807, 2.05) is 19.1 Å². The lowest BCUT2D eigenvalue weighted by molar-refractivity contribution is -0.141. The van der Waals surface area contributed by atoms with E-state index in [1.54, 1.807) is 6.07 Å². The number of carboxylic acid groups (broad SMARTS) is 1. The zero-order valence-electron chi connectivity index (χ0n) is 10.0. The van der Waals surface area contributed by atoms with Crippen LogP contribution < -0.4 is 0 Å². The first kappa shape index (κ1) is 13.3. The highest BCUT2D eigenvalue weighted by atomic mass is 127. The molecule has 18 heavy (non-hydrogen) atoms. The Bertz CT molecular complexity index is 501. The van der Waals surface area contributed by atoms with Gasteiger partial charge in [-0.05, 0) is 54.0 Å². The van der Waals surface area contributed by atoms with Crippen molar-refractivity contribution >= 4 is 34.5 Å². The van der Waals surface area contributed by atoms with Crippen molar-refractivity contribution in [2.45, 2.75) is 25.8 Å². The summed E-state index contributed by atoms with van der Waals surface area (Å²) in [7, 11) is 0. The van der Waals surface area contributed by atoms with E-state index >= 15 is 0 Å². The number of likely N-dealkylation sites (tertiary alicyclic amines) is 1. The van der Waals surface area contributed by atoms with Crippen molar-refractivity contribution in [3.63, 3.8) is 0 Å². The predicted molar refractivity (Wildman–Crippen MR) is 75.6 cm³/mol. The van der Waals surface area contributed by atoms with Crippen molar-refractivity contribution in [2.24, 2.45) is 0 Å². The number of benzene rings is 1. The third-order valence-corrected chi connectivity index (χ3v) is 4.65. The molecule has 5 heteroatoms. The molecule has 1 aromatic rings. The summed E-state index contributed by atoms with van der Waals surface area (Å²) in [5.41, 5.74) is 1.64. The number of carboxylic acids is 1. The molecule has 0 unspecified atom stereocenters. The lowest BCUT2D eigenvalue weighted by Crippen LogP contribution is -2.40. The van der Waals surface area contributed by atoms with E-state index < -0.39 is 12.0 Å². The maximum atomic E-state index is 12.4. The van der Waals surface area contributed by atoms with Gasteiger partial charge >= 0.3 is 5.97 Å². The summed E-state index contributed by atoms with van der Waals surface area (Å²) in [5.74, 6) is -1.09. The van der Waals surface area contributed by atoms with Crippen LogP contribution in [-0.2, 0) is 4.79 Å².